The molecule has 15 rings (SSSR count). The fourth-order valence-corrected chi connectivity index (χ4v) is 15.2. The van der Waals surface area contributed by atoms with Gasteiger partial charge in [-0.15, -0.1) is 0 Å². The van der Waals surface area contributed by atoms with Crippen LogP contribution in [0, 0.1) is 0 Å². The summed E-state index contributed by atoms with van der Waals surface area (Å²) in [5, 5.41) is 24.4. The Morgan fingerprint density at radius 2 is 0.785 bits per heavy atom. The Kier molecular flexibility index (Phi) is 6.75. The van der Waals surface area contributed by atoms with Crippen molar-refractivity contribution in [3.63, 3.8) is 0 Å². The van der Waals surface area contributed by atoms with Crippen LogP contribution in [0.5, 0.6) is 0 Å². The van der Waals surface area contributed by atoms with Gasteiger partial charge in [0.2, 0.25) is 0 Å². The highest BCUT2D eigenvalue weighted by Gasteiger charge is 2.42. The zero-order chi connectivity index (χ0) is 43.4. The van der Waals surface area contributed by atoms with Crippen LogP contribution in [0.2, 0.25) is 39.3 Å². The molecule has 0 aliphatic carbocycles. The van der Waals surface area contributed by atoms with Crippen molar-refractivity contribution in [3.05, 3.63) is 164 Å². The van der Waals surface area contributed by atoms with Crippen LogP contribution in [0.15, 0.2) is 164 Å². The molecule has 0 bridgehead atoms. The maximum absolute atomic E-state index is 2.70. The Morgan fingerprint density at radius 1 is 0.323 bits per heavy atom. The van der Waals surface area contributed by atoms with Gasteiger partial charge in [-0.3, -0.25) is 0 Å². The molecule has 2 aromatic heterocycles. The highest BCUT2D eigenvalue weighted by molar-refractivity contribution is 7.01. The van der Waals surface area contributed by atoms with Crippen LogP contribution in [-0.4, -0.2) is 32.0 Å². The van der Waals surface area contributed by atoms with Gasteiger partial charge < -0.3 is 9.13 Å². The molecule has 0 saturated carbocycles. The molecule has 2 aliphatic rings. The molecule has 2 aliphatic heterocycles. The summed E-state index contributed by atoms with van der Waals surface area (Å²) < 4.78 is 5.35. The second kappa shape index (κ2) is 12.0. The van der Waals surface area contributed by atoms with E-state index in [9.17, 15) is 0 Å². The predicted molar refractivity (Wildman–Crippen MR) is 291 cm³/mol. The molecular formula is C60H45BN2Si2. The number of aromatic nitrogens is 2. The summed E-state index contributed by atoms with van der Waals surface area (Å²) in [4.78, 5) is 0. The molecule has 0 unspecified atom stereocenters. The number of hydrogen-bond acceptors (Lipinski definition) is 0. The van der Waals surface area contributed by atoms with Gasteiger partial charge in [0.05, 0.1) is 32.7 Å². The molecule has 5 heteroatoms. The summed E-state index contributed by atoms with van der Waals surface area (Å²) in [6.45, 7) is 15.1. The number of fused-ring (bicyclic) bond motifs is 24. The summed E-state index contributed by atoms with van der Waals surface area (Å²) >= 11 is 0. The van der Waals surface area contributed by atoms with E-state index in [2.05, 4.69) is 212 Å². The van der Waals surface area contributed by atoms with E-state index in [0.717, 1.165) is 0 Å². The molecule has 13 aromatic rings. The van der Waals surface area contributed by atoms with E-state index in [1.807, 2.05) is 0 Å². The van der Waals surface area contributed by atoms with Gasteiger partial charge in [0.1, 0.15) is 0 Å². The van der Waals surface area contributed by atoms with Crippen molar-refractivity contribution in [1.82, 2.24) is 9.13 Å². The van der Waals surface area contributed by atoms with E-state index >= 15 is 0 Å². The first kappa shape index (κ1) is 36.4. The lowest BCUT2D eigenvalue weighted by Gasteiger charge is -2.34. The second-order valence-electron chi connectivity index (χ2n) is 21.2. The summed E-state index contributed by atoms with van der Waals surface area (Å²) in [5.74, 6) is 0. The normalized spacial score (nSPS) is 13.7. The fraction of sp³-hybridized carbons (Fsp3) is 0.100. The maximum Gasteiger partial charge on any atom is 0.252 e. The summed E-state index contributed by atoms with van der Waals surface area (Å²) in [7, 11) is -3.38. The van der Waals surface area contributed by atoms with Gasteiger partial charge in [-0.1, -0.05) is 189 Å². The van der Waals surface area contributed by atoms with Gasteiger partial charge >= 0.3 is 0 Å². The summed E-state index contributed by atoms with van der Waals surface area (Å²) in [6.07, 6.45) is 0. The summed E-state index contributed by atoms with van der Waals surface area (Å²) in [6, 6.07) is 64.0. The van der Waals surface area contributed by atoms with E-state index in [4.69, 9.17) is 0 Å². The third-order valence-corrected chi connectivity index (χ3v) is 19.8. The fourth-order valence-electron chi connectivity index (χ4n) is 12.8. The molecule has 0 saturated heterocycles. The lowest BCUT2D eigenvalue weighted by molar-refractivity contribution is 1.14. The zero-order valence-corrected chi connectivity index (χ0v) is 39.6. The molecule has 2 nitrogen and oxygen atoms in total. The number of rotatable bonds is 2. The number of hydrogen-bond donors (Lipinski definition) is 0. The second-order valence-corrected chi connectivity index (χ2v) is 31.3. The quantitative estimate of drug-likeness (QED) is 0.121. The van der Waals surface area contributed by atoms with Gasteiger partial charge in [-0.2, -0.15) is 0 Å². The zero-order valence-electron chi connectivity index (χ0n) is 37.6. The topological polar surface area (TPSA) is 9.86 Å². The van der Waals surface area contributed by atoms with Crippen molar-refractivity contribution in [2.24, 2.45) is 0 Å². The highest BCUT2D eigenvalue weighted by Crippen LogP contribution is 2.49. The Labute approximate surface area is 379 Å². The SMILES string of the molecule is C[Si](C)(C)c1ccc2c(c1)c1cc([Si](C)(C)C)cc3c1n2-c1cccc2c1B3c1cc3c4ccccc4c4ccccc4c3c3c4c5c6ccccc6c6ccccc6c5ccc4n-2c13. The van der Waals surface area contributed by atoms with Gasteiger partial charge in [0.25, 0.3) is 6.71 Å². The predicted octanol–water partition coefficient (Wildman–Crippen LogP) is 13.0. The van der Waals surface area contributed by atoms with Crippen molar-refractivity contribution in [1.29, 1.82) is 0 Å². The molecule has 0 amide bonds. The molecule has 4 heterocycles. The van der Waals surface area contributed by atoms with Crippen LogP contribution >= 0.6 is 0 Å². The van der Waals surface area contributed by atoms with Crippen LogP contribution < -0.4 is 26.8 Å². The Bertz CT molecular complexity index is 4350. The smallest absolute Gasteiger partial charge is 0.252 e. The first-order valence-corrected chi connectivity index (χ1v) is 30.4. The van der Waals surface area contributed by atoms with Crippen LogP contribution in [0.3, 0.4) is 0 Å². The highest BCUT2D eigenvalue weighted by atomic mass is 28.3. The van der Waals surface area contributed by atoms with Crippen molar-refractivity contribution in [2.45, 2.75) is 39.3 Å². The number of nitrogens with zero attached hydrogens (tertiary/aromatic N) is 2. The molecule has 65 heavy (non-hydrogen) atoms. The van der Waals surface area contributed by atoms with Crippen LogP contribution in [0.1, 0.15) is 0 Å². The Hall–Kier alpha value is -6.92. The van der Waals surface area contributed by atoms with E-state index in [1.165, 1.54) is 146 Å². The Morgan fingerprint density at radius 3 is 1.37 bits per heavy atom. The van der Waals surface area contributed by atoms with E-state index < -0.39 is 16.1 Å². The monoisotopic (exact) mass is 860 g/mol. The molecule has 0 spiro atoms. The van der Waals surface area contributed by atoms with Gasteiger partial charge in [0, 0.05) is 49.2 Å². The van der Waals surface area contributed by atoms with E-state index in [-0.39, 0.29) is 6.71 Å². The first-order chi connectivity index (χ1) is 31.6. The molecule has 306 valence electrons. The van der Waals surface area contributed by atoms with Crippen molar-refractivity contribution in [2.75, 3.05) is 0 Å². The van der Waals surface area contributed by atoms with E-state index in [0.29, 0.717) is 0 Å². The minimum Gasteiger partial charge on any atom is -0.310 e. The molecule has 11 aromatic carbocycles. The van der Waals surface area contributed by atoms with Crippen LogP contribution in [-0.2, 0) is 0 Å². The standard InChI is InChI=1S/C60H45BN2Si2/c1-64(2,3)34-26-28-50-45(30-34)47-31-35(65(4,5)6)32-48-59(47)62(50)52-24-15-25-53-58(52)61(48)49-33-46-41-21-10-8-17-37(41)39-19-12-14-23-43(39)55(46)57-56-51(63(53)60(49)57)29-27-44-40-20-9-7-16-36(40)38-18-11-13-22-42(38)54(44)56/h7-33H,1-6H3. The third kappa shape index (κ3) is 4.46. The molecule has 0 fully saturated rings. The molecule has 0 N–H and O–H groups in total. The minimum atomic E-state index is -1.79. The maximum atomic E-state index is 2.70. The largest absolute Gasteiger partial charge is 0.310 e. The van der Waals surface area contributed by atoms with Gasteiger partial charge in [-0.25, -0.2) is 0 Å². The summed E-state index contributed by atoms with van der Waals surface area (Å²) in [5.41, 5.74) is 12.2. The number of benzene rings is 11. The molecule has 0 radical (unpaired) electrons. The van der Waals surface area contributed by atoms with E-state index in [1.54, 1.807) is 0 Å². The average molecular weight is 861 g/mol. The average Bonchev–Trinajstić information content (AvgIpc) is 3.85. The third-order valence-electron chi connectivity index (χ3n) is 15.7. The molecular weight excluding hydrogens is 816 g/mol. The van der Waals surface area contributed by atoms with Gasteiger partial charge in [0.15, 0.2) is 0 Å². The van der Waals surface area contributed by atoms with Gasteiger partial charge in [-0.05, 0) is 94.5 Å². The van der Waals surface area contributed by atoms with Crippen molar-refractivity contribution in [3.8, 4) is 11.4 Å². The van der Waals surface area contributed by atoms with Crippen molar-refractivity contribution < 1.29 is 0 Å². The Balaban J connectivity index is 1.24. The van der Waals surface area contributed by atoms with Crippen molar-refractivity contribution >= 4 is 158 Å². The van der Waals surface area contributed by atoms with Crippen LogP contribution in [0.4, 0.5) is 0 Å². The van der Waals surface area contributed by atoms with Crippen LogP contribution in [0.25, 0.3) is 120 Å². The molecule has 0 atom stereocenters. The lowest BCUT2D eigenvalue weighted by Crippen LogP contribution is -2.60. The lowest BCUT2D eigenvalue weighted by atomic mass is 9.34. The first-order valence-electron chi connectivity index (χ1n) is 23.4. The minimum absolute atomic E-state index is 0.0473.